The highest BCUT2D eigenvalue weighted by Crippen LogP contribution is 2.28. The Kier molecular flexibility index (Phi) is 4.49. The number of nitrogens with two attached hydrogens (primary N) is 1. The van der Waals surface area contributed by atoms with Gasteiger partial charge in [-0.15, -0.1) is 0 Å². The zero-order chi connectivity index (χ0) is 15.2. The highest BCUT2D eigenvalue weighted by atomic mass is 16.2. The molecule has 1 aromatic carbocycles. The molecule has 5 heteroatoms. The Balaban J connectivity index is 0.000000497. The molecule has 2 heterocycles. The Bertz CT molecular complexity index is 773. The van der Waals surface area contributed by atoms with Crippen LogP contribution in [0.3, 0.4) is 0 Å². The summed E-state index contributed by atoms with van der Waals surface area (Å²) >= 11 is 0. The van der Waals surface area contributed by atoms with Crippen LogP contribution in [-0.4, -0.2) is 15.5 Å². The van der Waals surface area contributed by atoms with Gasteiger partial charge in [-0.3, -0.25) is 0 Å². The normalized spacial score (nSPS) is 9.76. The minimum absolute atomic E-state index is 0.250. The van der Waals surface area contributed by atoms with E-state index in [0.717, 1.165) is 34.6 Å². The SMILES string of the molecule is CCc1cn2ccc(-c3ccccc3)c(N)c2n1.O=C=O. The van der Waals surface area contributed by atoms with Gasteiger partial charge in [0.15, 0.2) is 5.65 Å². The standard InChI is InChI=1S/C15H15N3.CO2/c1-2-12-10-18-9-8-13(14(16)15(18)17-12)11-6-4-3-5-7-11;2-1-3/h3-10H,2,16H2,1H3;. The molecular weight excluding hydrogens is 266 g/mol. The maximum Gasteiger partial charge on any atom is 0.373 e. The third kappa shape index (κ3) is 2.99. The molecule has 0 unspecified atom stereocenters. The summed E-state index contributed by atoms with van der Waals surface area (Å²) in [5.74, 6) is 0. The van der Waals surface area contributed by atoms with E-state index in [1.54, 1.807) is 0 Å². The second-order valence-electron chi connectivity index (χ2n) is 4.41. The number of fused-ring (bicyclic) bond motifs is 1. The van der Waals surface area contributed by atoms with Crippen LogP contribution in [-0.2, 0) is 16.0 Å². The van der Waals surface area contributed by atoms with Gasteiger partial charge in [0, 0.05) is 18.0 Å². The first kappa shape index (κ1) is 14.5. The van der Waals surface area contributed by atoms with Gasteiger partial charge in [0.05, 0.1) is 11.4 Å². The van der Waals surface area contributed by atoms with E-state index in [0.29, 0.717) is 0 Å². The van der Waals surface area contributed by atoms with E-state index in [4.69, 9.17) is 15.3 Å². The average Bonchev–Trinajstić information content (AvgIpc) is 2.94. The van der Waals surface area contributed by atoms with E-state index >= 15 is 0 Å². The van der Waals surface area contributed by atoms with Crippen molar-refractivity contribution in [2.75, 3.05) is 5.73 Å². The molecule has 5 nitrogen and oxygen atoms in total. The van der Waals surface area contributed by atoms with E-state index in [1.165, 1.54) is 0 Å². The van der Waals surface area contributed by atoms with Crippen molar-refractivity contribution in [3.63, 3.8) is 0 Å². The van der Waals surface area contributed by atoms with Crippen LogP contribution in [0.15, 0.2) is 48.8 Å². The molecule has 0 aliphatic heterocycles. The summed E-state index contributed by atoms with van der Waals surface area (Å²) in [7, 11) is 0. The maximum absolute atomic E-state index is 8.12. The van der Waals surface area contributed by atoms with Gasteiger partial charge in [-0.25, -0.2) is 4.98 Å². The molecule has 0 saturated carbocycles. The first-order valence-electron chi connectivity index (χ1n) is 6.52. The number of imidazole rings is 1. The number of benzene rings is 1. The predicted molar refractivity (Wildman–Crippen MR) is 79.4 cm³/mol. The van der Waals surface area contributed by atoms with Crippen molar-refractivity contribution in [1.82, 2.24) is 9.38 Å². The second kappa shape index (κ2) is 6.50. The van der Waals surface area contributed by atoms with E-state index in [-0.39, 0.29) is 6.15 Å². The predicted octanol–water partition coefficient (Wildman–Crippen LogP) is 2.56. The molecule has 0 spiro atoms. The van der Waals surface area contributed by atoms with Crippen LogP contribution in [0.1, 0.15) is 12.6 Å². The number of anilines is 1. The average molecular weight is 281 g/mol. The van der Waals surface area contributed by atoms with Crippen molar-refractivity contribution in [3.05, 3.63) is 54.5 Å². The minimum atomic E-state index is 0.250. The van der Waals surface area contributed by atoms with Crippen LogP contribution in [0.25, 0.3) is 16.8 Å². The zero-order valence-corrected chi connectivity index (χ0v) is 11.6. The summed E-state index contributed by atoms with van der Waals surface area (Å²) in [4.78, 5) is 20.8. The van der Waals surface area contributed by atoms with Gasteiger partial charge in [-0.05, 0) is 18.1 Å². The molecule has 0 fully saturated rings. The van der Waals surface area contributed by atoms with Crippen LogP contribution in [0.5, 0.6) is 0 Å². The lowest BCUT2D eigenvalue weighted by Crippen LogP contribution is -1.95. The van der Waals surface area contributed by atoms with E-state index in [9.17, 15) is 0 Å². The number of rotatable bonds is 2. The maximum atomic E-state index is 8.12. The van der Waals surface area contributed by atoms with Crippen LogP contribution >= 0.6 is 0 Å². The number of aromatic nitrogens is 2. The molecule has 106 valence electrons. The summed E-state index contributed by atoms with van der Waals surface area (Å²) in [5.41, 5.74) is 11.0. The van der Waals surface area contributed by atoms with Crippen molar-refractivity contribution in [2.45, 2.75) is 13.3 Å². The molecule has 2 N–H and O–H groups in total. The number of carbonyl (C=O) groups excluding carboxylic acids is 2. The Hall–Kier alpha value is -2.91. The Morgan fingerprint density at radius 3 is 2.48 bits per heavy atom. The third-order valence-corrected chi connectivity index (χ3v) is 3.16. The summed E-state index contributed by atoms with van der Waals surface area (Å²) in [5, 5.41) is 0. The van der Waals surface area contributed by atoms with Crippen LogP contribution in [0.2, 0.25) is 0 Å². The molecule has 3 aromatic rings. The Labute approximate surface area is 122 Å². The van der Waals surface area contributed by atoms with Crippen molar-refractivity contribution in [1.29, 1.82) is 0 Å². The fraction of sp³-hybridized carbons (Fsp3) is 0.125. The van der Waals surface area contributed by atoms with Crippen LogP contribution < -0.4 is 5.73 Å². The van der Waals surface area contributed by atoms with Crippen molar-refractivity contribution >= 4 is 17.5 Å². The third-order valence-electron chi connectivity index (χ3n) is 3.16. The number of hydrogen-bond donors (Lipinski definition) is 1. The van der Waals surface area contributed by atoms with Gasteiger partial charge in [-0.1, -0.05) is 37.3 Å². The monoisotopic (exact) mass is 281 g/mol. The molecule has 0 amide bonds. The smallest absolute Gasteiger partial charge is 0.373 e. The van der Waals surface area contributed by atoms with Crippen LogP contribution in [0, 0.1) is 0 Å². The lowest BCUT2D eigenvalue weighted by Gasteiger charge is -2.06. The van der Waals surface area contributed by atoms with Gasteiger partial charge in [0.25, 0.3) is 0 Å². The van der Waals surface area contributed by atoms with Crippen molar-refractivity contribution in [3.8, 4) is 11.1 Å². The van der Waals surface area contributed by atoms with Gasteiger partial charge in [0.2, 0.25) is 0 Å². The first-order chi connectivity index (χ1) is 10.2. The van der Waals surface area contributed by atoms with Crippen molar-refractivity contribution < 1.29 is 9.59 Å². The molecule has 3 rings (SSSR count). The lowest BCUT2D eigenvalue weighted by atomic mass is 10.1. The summed E-state index contributed by atoms with van der Waals surface area (Å²) < 4.78 is 1.99. The number of pyridine rings is 1. The summed E-state index contributed by atoms with van der Waals surface area (Å²) in [6, 6.07) is 12.2. The molecule has 0 radical (unpaired) electrons. The van der Waals surface area contributed by atoms with E-state index < -0.39 is 0 Å². The van der Waals surface area contributed by atoms with Gasteiger partial charge in [0.1, 0.15) is 0 Å². The Morgan fingerprint density at radius 1 is 1.19 bits per heavy atom. The number of nitrogens with zero attached hydrogens (tertiary/aromatic N) is 2. The van der Waals surface area contributed by atoms with E-state index in [1.807, 2.05) is 41.1 Å². The Morgan fingerprint density at radius 2 is 1.86 bits per heavy atom. The molecule has 2 aromatic heterocycles. The highest BCUT2D eigenvalue weighted by molar-refractivity contribution is 5.85. The molecular formula is C16H15N3O2. The first-order valence-corrected chi connectivity index (χ1v) is 6.52. The number of nitrogen functional groups attached to an aromatic ring is 1. The summed E-state index contributed by atoms with van der Waals surface area (Å²) in [6.45, 7) is 2.09. The lowest BCUT2D eigenvalue weighted by molar-refractivity contribution is -0.191. The highest BCUT2D eigenvalue weighted by Gasteiger charge is 2.09. The summed E-state index contributed by atoms with van der Waals surface area (Å²) in [6.07, 6.45) is 5.21. The van der Waals surface area contributed by atoms with E-state index in [2.05, 4.69) is 24.0 Å². The zero-order valence-electron chi connectivity index (χ0n) is 11.6. The molecule has 21 heavy (non-hydrogen) atoms. The molecule has 0 bridgehead atoms. The van der Waals surface area contributed by atoms with Crippen LogP contribution in [0.4, 0.5) is 5.69 Å². The van der Waals surface area contributed by atoms with Gasteiger partial charge < -0.3 is 10.1 Å². The minimum Gasteiger partial charge on any atom is -0.395 e. The van der Waals surface area contributed by atoms with Crippen molar-refractivity contribution in [2.24, 2.45) is 0 Å². The van der Waals surface area contributed by atoms with Gasteiger partial charge in [-0.2, -0.15) is 9.59 Å². The molecule has 0 saturated heterocycles. The number of hydrogen-bond acceptors (Lipinski definition) is 4. The fourth-order valence-electron chi connectivity index (χ4n) is 2.16. The second-order valence-corrected chi connectivity index (χ2v) is 4.41. The molecule has 0 aliphatic rings. The number of aryl methyl sites for hydroxylation is 1. The topological polar surface area (TPSA) is 77.5 Å². The fourth-order valence-corrected chi connectivity index (χ4v) is 2.16. The largest absolute Gasteiger partial charge is 0.395 e. The quantitative estimate of drug-likeness (QED) is 0.783. The molecule has 0 aliphatic carbocycles. The van der Waals surface area contributed by atoms with Gasteiger partial charge >= 0.3 is 6.15 Å². The molecule has 0 atom stereocenters.